The van der Waals surface area contributed by atoms with Crippen molar-refractivity contribution >= 4 is 44.5 Å². The number of hydrazone groups is 1. The highest BCUT2D eigenvalue weighted by Crippen LogP contribution is 2.37. The quantitative estimate of drug-likeness (QED) is 0.378. The third-order valence-corrected chi connectivity index (χ3v) is 6.45. The minimum atomic E-state index is 0.814. The van der Waals surface area contributed by atoms with Crippen molar-refractivity contribution in [1.29, 1.82) is 0 Å². The first kappa shape index (κ1) is 16.4. The molecule has 5 nitrogen and oxygen atoms in total. The van der Waals surface area contributed by atoms with Gasteiger partial charge < -0.3 is 4.98 Å². The average Bonchev–Trinajstić information content (AvgIpc) is 3.23. The van der Waals surface area contributed by atoms with Gasteiger partial charge in [0.05, 0.1) is 11.6 Å². The summed E-state index contributed by atoms with van der Waals surface area (Å²) in [5.74, 6) is 0.814. The van der Waals surface area contributed by atoms with Crippen LogP contribution < -0.4 is 5.43 Å². The average molecular weight is 376 g/mol. The number of H-pyrrole nitrogens is 1. The fourth-order valence-electron chi connectivity index (χ4n) is 3.89. The molecule has 1 aliphatic carbocycles. The highest BCUT2D eigenvalue weighted by molar-refractivity contribution is 7.18. The first-order chi connectivity index (χ1) is 13.4. The number of fused-ring (bicyclic) bond motifs is 4. The number of aromatic nitrogens is 3. The van der Waals surface area contributed by atoms with E-state index in [4.69, 9.17) is 0 Å². The molecule has 6 heteroatoms. The smallest absolute Gasteiger partial charge is 0.158 e. The van der Waals surface area contributed by atoms with Crippen molar-refractivity contribution in [2.24, 2.45) is 5.10 Å². The summed E-state index contributed by atoms with van der Waals surface area (Å²) in [6.07, 6.45) is 12.9. The van der Waals surface area contributed by atoms with E-state index in [-0.39, 0.29) is 0 Å². The van der Waals surface area contributed by atoms with Gasteiger partial charge >= 0.3 is 0 Å². The van der Waals surface area contributed by atoms with Crippen LogP contribution in [0.3, 0.4) is 0 Å². The Morgan fingerprint density at radius 1 is 1.07 bits per heavy atom. The van der Waals surface area contributed by atoms with Crippen LogP contribution in [0.15, 0.2) is 41.9 Å². The van der Waals surface area contributed by atoms with Gasteiger partial charge in [-0.3, -0.25) is 5.43 Å². The first-order valence-corrected chi connectivity index (χ1v) is 10.3. The van der Waals surface area contributed by atoms with Gasteiger partial charge in [-0.25, -0.2) is 9.97 Å². The minimum absolute atomic E-state index is 0.814. The lowest BCUT2D eigenvalue weighted by molar-refractivity contribution is 0.624. The van der Waals surface area contributed by atoms with Crippen LogP contribution in [0.5, 0.6) is 0 Å². The second kappa shape index (κ2) is 7.12. The Morgan fingerprint density at radius 2 is 1.96 bits per heavy atom. The molecular weight excluding hydrogens is 354 g/mol. The molecule has 2 N–H and O–H groups in total. The van der Waals surface area contributed by atoms with Crippen LogP contribution in [0.2, 0.25) is 0 Å². The zero-order valence-electron chi connectivity index (χ0n) is 15.0. The summed E-state index contributed by atoms with van der Waals surface area (Å²) in [7, 11) is 0. The molecule has 4 aromatic rings. The summed E-state index contributed by atoms with van der Waals surface area (Å²) < 4.78 is 0. The Labute approximate surface area is 161 Å². The lowest BCUT2D eigenvalue weighted by Crippen LogP contribution is -1.99. The van der Waals surface area contributed by atoms with E-state index in [1.165, 1.54) is 36.1 Å². The topological polar surface area (TPSA) is 66.0 Å². The maximum absolute atomic E-state index is 4.52. The fourth-order valence-corrected chi connectivity index (χ4v) is 5.12. The molecule has 1 aliphatic rings. The predicted molar refractivity (Wildman–Crippen MR) is 113 cm³/mol. The number of benzene rings is 1. The van der Waals surface area contributed by atoms with Crippen LogP contribution in [0, 0.1) is 0 Å². The molecule has 0 saturated heterocycles. The Balaban J connectivity index is 1.48. The second-order valence-corrected chi connectivity index (χ2v) is 8.06. The van der Waals surface area contributed by atoms with E-state index < -0.39 is 0 Å². The van der Waals surface area contributed by atoms with Gasteiger partial charge in [-0.15, -0.1) is 11.3 Å². The van der Waals surface area contributed by atoms with Gasteiger partial charge in [0.2, 0.25) is 0 Å². The zero-order valence-corrected chi connectivity index (χ0v) is 15.9. The molecule has 3 aromatic heterocycles. The van der Waals surface area contributed by atoms with Crippen molar-refractivity contribution < 1.29 is 0 Å². The summed E-state index contributed by atoms with van der Waals surface area (Å²) in [6.45, 7) is 0. The van der Waals surface area contributed by atoms with Crippen molar-refractivity contribution in [2.75, 3.05) is 5.43 Å². The van der Waals surface area contributed by atoms with Gasteiger partial charge in [-0.05, 0) is 37.3 Å². The minimum Gasteiger partial charge on any atom is -0.361 e. The van der Waals surface area contributed by atoms with Gasteiger partial charge in [0.25, 0.3) is 0 Å². The normalized spacial score (nSPS) is 15.1. The molecule has 0 aliphatic heterocycles. The van der Waals surface area contributed by atoms with Crippen molar-refractivity contribution in [1.82, 2.24) is 15.0 Å². The zero-order chi connectivity index (χ0) is 18.1. The maximum atomic E-state index is 4.52. The molecule has 0 unspecified atom stereocenters. The van der Waals surface area contributed by atoms with Gasteiger partial charge in [-0.1, -0.05) is 31.0 Å². The van der Waals surface area contributed by atoms with E-state index >= 15 is 0 Å². The Kier molecular flexibility index (Phi) is 4.33. The van der Waals surface area contributed by atoms with Gasteiger partial charge in [0.15, 0.2) is 5.82 Å². The Morgan fingerprint density at radius 3 is 2.93 bits per heavy atom. The molecule has 0 atom stereocenters. The molecule has 0 radical (unpaired) electrons. The molecule has 0 saturated carbocycles. The van der Waals surface area contributed by atoms with E-state index in [1.54, 1.807) is 6.33 Å². The van der Waals surface area contributed by atoms with E-state index in [0.29, 0.717) is 0 Å². The third-order valence-electron chi connectivity index (χ3n) is 5.25. The number of rotatable bonds is 3. The van der Waals surface area contributed by atoms with Crippen LogP contribution >= 0.6 is 11.3 Å². The van der Waals surface area contributed by atoms with E-state index in [1.807, 2.05) is 35.9 Å². The molecule has 136 valence electrons. The molecule has 0 bridgehead atoms. The van der Waals surface area contributed by atoms with Crippen LogP contribution in [0.1, 0.15) is 41.7 Å². The lowest BCUT2D eigenvalue weighted by Gasteiger charge is -2.10. The number of nitrogens with one attached hydrogen (secondary N) is 2. The number of para-hydroxylation sites is 1. The lowest BCUT2D eigenvalue weighted by atomic mass is 9.98. The number of hydrogen-bond acceptors (Lipinski definition) is 5. The van der Waals surface area contributed by atoms with E-state index in [9.17, 15) is 0 Å². The Hall–Kier alpha value is -2.73. The van der Waals surface area contributed by atoms with Crippen LogP contribution in [0.25, 0.3) is 21.1 Å². The van der Waals surface area contributed by atoms with Crippen molar-refractivity contribution in [3.63, 3.8) is 0 Å². The number of aromatic amines is 1. The molecule has 27 heavy (non-hydrogen) atoms. The molecule has 0 spiro atoms. The number of aryl methyl sites for hydroxylation is 2. The van der Waals surface area contributed by atoms with Crippen LogP contribution in [-0.4, -0.2) is 21.2 Å². The predicted octanol–water partition coefficient (Wildman–Crippen LogP) is 5.28. The van der Waals surface area contributed by atoms with Crippen LogP contribution in [0.4, 0.5) is 5.82 Å². The number of hydrogen-bond donors (Lipinski definition) is 2. The second-order valence-electron chi connectivity index (χ2n) is 6.98. The van der Waals surface area contributed by atoms with Gasteiger partial charge in [-0.2, -0.15) is 5.10 Å². The standard InChI is InChI=1S/C21H21N5S/c1-2-4-10-18-16(8-3-1)19-20(23-13-24-21(19)27-18)26-25-12-14-11-22-17-9-6-5-7-15(14)17/h5-7,9,11-13,22H,1-4,8,10H2,(H,23,24,26)/b25-12+. The highest BCUT2D eigenvalue weighted by Gasteiger charge is 2.18. The summed E-state index contributed by atoms with van der Waals surface area (Å²) in [6, 6.07) is 8.23. The maximum Gasteiger partial charge on any atom is 0.158 e. The monoisotopic (exact) mass is 375 g/mol. The van der Waals surface area contributed by atoms with Gasteiger partial charge in [0, 0.05) is 27.5 Å². The number of anilines is 1. The highest BCUT2D eigenvalue weighted by atomic mass is 32.1. The largest absolute Gasteiger partial charge is 0.361 e. The SMILES string of the molecule is C(=N\Nc1ncnc2sc3c(c12)CCCCCC3)/c1c[nH]c2ccccc12. The van der Waals surface area contributed by atoms with Gasteiger partial charge in [0.1, 0.15) is 11.2 Å². The number of nitrogens with zero attached hydrogens (tertiary/aromatic N) is 3. The molecule has 3 heterocycles. The molecule has 1 aromatic carbocycles. The Bertz CT molecular complexity index is 1120. The van der Waals surface area contributed by atoms with Crippen LogP contribution in [-0.2, 0) is 12.8 Å². The van der Waals surface area contributed by atoms with Crippen molar-refractivity contribution in [3.8, 4) is 0 Å². The summed E-state index contributed by atoms with van der Waals surface area (Å²) >= 11 is 1.82. The fraction of sp³-hybridized carbons (Fsp3) is 0.286. The van der Waals surface area contributed by atoms with Crippen molar-refractivity contribution in [3.05, 3.63) is 52.8 Å². The first-order valence-electron chi connectivity index (χ1n) is 9.50. The van der Waals surface area contributed by atoms with Crippen molar-refractivity contribution in [2.45, 2.75) is 38.5 Å². The summed E-state index contributed by atoms with van der Waals surface area (Å²) in [5.41, 5.74) is 6.78. The molecule has 0 amide bonds. The third kappa shape index (κ3) is 3.10. The summed E-state index contributed by atoms with van der Waals surface area (Å²) in [5, 5.41) is 6.80. The molecule has 5 rings (SSSR count). The molecule has 0 fully saturated rings. The molecular formula is C21H21N5S. The van der Waals surface area contributed by atoms with E-state index in [2.05, 4.69) is 37.6 Å². The number of thiophene rings is 1. The summed E-state index contributed by atoms with van der Waals surface area (Å²) in [4.78, 5) is 14.8. The van der Waals surface area contributed by atoms with E-state index in [0.717, 1.165) is 45.3 Å².